The highest BCUT2D eigenvalue weighted by molar-refractivity contribution is 7.20. The maximum Gasteiger partial charge on any atom is 0.261 e. The van der Waals surface area contributed by atoms with Crippen molar-refractivity contribution in [3.05, 3.63) is 39.9 Å². The molecule has 1 aliphatic rings. The van der Waals surface area contributed by atoms with Gasteiger partial charge < -0.3 is 23.9 Å². The molecule has 0 bridgehead atoms. The number of ether oxygens (including phenoxy) is 3. The maximum atomic E-state index is 13.2. The van der Waals surface area contributed by atoms with Gasteiger partial charge in [0, 0.05) is 26.7 Å². The Morgan fingerprint density at radius 1 is 1.25 bits per heavy atom. The van der Waals surface area contributed by atoms with Gasteiger partial charge in [0.25, 0.3) is 5.91 Å². The zero-order chi connectivity index (χ0) is 22.7. The first-order valence-corrected chi connectivity index (χ1v) is 11.3. The van der Waals surface area contributed by atoms with Crippen molar-refractivity contribution in [3.63, 3.8) is 0 Å². The molecular weight excluding hydrogens is 432 g/mol. The predicted molar refractivity (Wildman–Crippen MR) is 120 cm³/mol. The van der Waals surface area contributed by atoms with Gasteiger partial charge in [-0.15, -0.1) is 11.3 Å². The van der Waals surface area contributed by atoms with Crippen LogP contribution in [-0.2, 0) is 16.1 Å². The lowest BCUT2D eigenvalue weighted by molar-refractivity contribution is 0.0117. The zero-order valence-corrected chi connectivity index (χ0v) is 19.6. The van der Waals surface area contributed by atoms with E-state index in [1.807, 2.05) is 26.0 Å². The van der Waals surface area contributed by atoms with E-state index < -0.39 is 0 Å². The van der Waals surface area contributed by atoms with Crippen LogP contribution in [0.1, 0.15) is 38.6 Å². The molecule has 3 aromatic heterocycles. The van der Waals surface area contributed by atoms with Gasteiger partial charge in [-0.2, -0.15) is 4.98 Å². The quantitative estimate of drug-likeness (QED) is 0.548. The van der Waals surface area contributed by atoms with Crippen LogP contribution in [0.3, 0.4) is 0 Å². The number of aromatic nitrogens is 2. The molecule has 32 heavy (non-hydrogen) atoms. The number of hydrogen-bond acceptors (Lipinski definition) is 9. The Bertz CT molecular complexity index is 1090. The molecule has 1 atom stereocenters. The van der Waals surface area contributed by atoms with Crippen molar-refractivity contribution < 1.29 is 23.4 Å². The third kappa shape index (κ3) is 4.63. The number of hydrogen-bond donors (Lipinski definition) is 1. The van der Waals surface area contributed by atoms with Gasteiger partial charge in [-0.05, 0) is 31.5 Å². The number of carbonyl (C=O) groups excluding carboxylic acids is 1. The molecule has 9 nitrogen and oxygen atoms in total. The van der Waals surface area contributed by atoms with E-state index in [0.29, 0.717) is 41.2 Å². The average Bonchev–Trinajstić information content (AvgIpc) is 3.37. The number of nitrogens with zero attached hydrogens (tertiary/aromatic N) is 3. The van der Waals surface area contributed by atoms with E-state index in [9.17, 15) is 4.79 Å². The van der Waals surface area contributed by atoms with Crippen molar-refractivity contribution in [2.24, 2.45) is 0 Å². The minimum atomic E-state index is -0.151. The van der Waals surface area contributed by atoms with E-state index >= 15 is 0 Å². The van der Waals surface area contributed by atoms with Crippen LogP contribution >= 0.6 is 11.3 Å². The highest BCUT2D eigenvalue weighted by Gasteiger charge is 2.27. The Kier molecular flexibility index (Phi) is 7.04. The molecule has 0 saturated carbocycles. The monoisotopic (exact) mass is 460 g/mol. The molecule has 1 unspecified atom stereocenters. The van der Waals surface area contributed by atoms with Crippen LogP contribution in [0.25, 0.3) is 10.2 Å². The van der Waals surface area contributed by atoms with Crippen LogP contribution in [-0.4, -0.2) is 67.8 Å². The van der Waals surface area contributed by atoms with E-state index in [0.717, 1.165) is 35.6 Å². The number of aryl methyl sites for hydroxylation is 2. The molecule has 0 spiro atoms. The summed E-state index contributed by atoms with van der Waals surface area (Å²) < 4.78 is 22.0. The number of carbonyl (C=O) groups is 1. The molecular formula is C22H28N4O5S. The van der Waals surface area contributed by atoms with Crippen molar-refractivity contribution >= 4 is 27.5 Å². The van der Waals surface area contributed by atoms with Gasteiger partial charge in [-0.25, -0.2) is 4.98 Å². The van der Waals surface area contributed by atoms with Crippen molar-refractivity contribution in [2.45, 2.75) is 26.5 Å². The van der Waals surface area contributed by atoms with Gasteiger partial charge in [0.2, 0.25) is 5.88 Å². The molecule has 1 fully saturated rings. The van der Waals surface area contributed by atoms with Crippen LogP contribution in [0, 0.1) is 13.8 Å². The molecule has 10 heteroatoms. The number of amides is 1. The number of furan rings is 1. The predicted octanol–water partition coefficient (Wildman–Crippen LogP) is 2.86. The normalized spacial score (nSPS) is 15.8. The summed E-state index contributed by atoms with van der Waals surface area (Å²) in [7, 11) is 3.15. The Morgan fingerprint density at radius 3 is 2.69 bits per heavy atom. The Labute approximate surface area is 190 Å². The van der Waals surface area contributed by atoms with Gasteiger partial charge in [0.15, 0.2) is 5.82 Å². The van der Waals surface area contributed by atoms with Crippen LogP contribution < -0.4 is 10.1 Å². The lowest BCUT2D eigenvalue weighted by atomic mass is 10.1. The fourth-order valence-electron chi connectivity index (χ4n) is 3.90. The van der Waals surface area contributed by atoms with Crippen molar-refractivity contribution in [3.8, 4) is 5.88 Å². The second-order valence-electron chi connectivity index (χ2n) is 7.64. The maximum absolute atomic E-state index is 13.2. The number of methoxy groups -OCH3 is 2. The minimum absolute atomic E-state index is 0.0612. The summed E-state index contributed by atoms with van der Waals surface area (Å²) in [5.74, 6) is 2.51. The number of nitrogens with one attached hydrogen (secondary N) is 1. The molecule has 172 valence electrons. The fraction of sp³-hybridized carbons (Fsp3) is 0.500. The van der Waals surface area contributed by atoms with E-state index in [1.54, 1.807) is 14.2 Å². The van der Waals surface area contributed by atoms with Crippen molar-refractivity contribution in [1.29, 1.82) is 0 Å². The van der Waals surface area contributed by atoms with Crippen LogP contribution in [0.4, 0.5) is 0 Å². The first-order valence-electron chi connectivity index (χ1n) is 10.5. The summed E-state index contributed by atoms with van der Waals surface area (Å²) in [5, 5.41) is 3.86. The number of rotatable bonds is 8. The first-order chi connectivity index (χ1) is 15.5. The van der Waals surface area contributed by atoms with E-state index in [2.05, 4.69) is 20.2 Å². The number of morpholine rings is 1. The zero-order valence-electron chi connectivity index (χ0n) is 18.8. The molecule has 1 saturated heterocycles. The van der Waals surface area contributed by atoms with Crippen LogP contribution in [0.15, 0.2) is 16.5 Å². The standard InChI is InChI=1S/C22H28N4O5S/c1-13-5-6-16(31-13)15(26-7-9-30-10-8-26)11-23-20(27)19-14(2)18-21(29-4)24-17(12-28-3)25-22(18)32-19/h5-6,15H,7-12H2,1-4H3,(H,23,27). The minimum Gasteiger partial charge on any atom is -0.480 e. The SMILES string of the molecule is COCc1nc(OC)c2c(C)c(C(=O)NCC(c3ccc(C)o3)N3CCOCC3)sc2n1. The molecule has 0 aromatic carbocycles. The second-order valence-corrected chi connectivity index (χ2v) is 8.64. The summed E-state index contributed by atoms with van der Waals surface area (Å²) in [4.78, 5) is 25.7. The van der Waals surface area contributed by atoms with Crippen molar-refractivity contribution in [1.82, 2.24) is 20.2 Å². The Morgan fingerprint density at radius 2 is 2.03 bits per heavy atom. The molecule has 4 heterocycles. The molecule has 4 rings (SSSR count). The molecule has 1 N–H and O–H groups in total. The molecule has 1 amide bonds. The van der Waals surface area contributed by atoms with Gasteiger partial charge in [0.05, 0.1) is 36.6 Å². The van der Waals surface area contributed by atoms with Gasteiger partial charge in [0.1, 0.15) is 23.0 Å². The summed E-state index contributed by atoms with van der Waals surface area (Å²) in [6.07, 6.45) is 0. The lowest BCUT2D eigenvalue weighted by Gasteiger charge is -2.33. The second kappa shape index (κ2) is 9.95. The fourth-order valence-corrected chi connectivity index (χ4v) is 5.01. The summed E-state index contributed by atoms with van der Waals surface area (Å²) in [6.45, 7) is 7.43. The average molecular weight is 461 g/mol. The van der Waals surface area contributed by atoms with E-state index in [1.165, 1.54) is 11.3 Å². The number of thiophene rings is 1. The highest BCUT2D eigenvalue weighted by Crippen LogP contribution is 2.35. The molecule has 3 aromatic rings. The van der Waals surface area contributed by atoms with E-state index in [4.69, 9.17) is 18.6 Å². The van der Waals surface area contributed by atoms with Crippen LogP contribution in [0.2, 0.25) is 0 Å². The molecule has 1 aliphatic heterocycles. The summed E-state index contributed by atoms with van der Waals surface area (Å²) >= 11 is 1.33. The Hall–Kier alpha value is -2.53. The van der Waals surface area contributed by atoms with Crippen molar-refractivity contribution in [2.75, 3.05) is 47.1 Å². The Balaban J connectivity index is 1.57. The summed E-state index contributed by atoms with van der Waals surface area (Å²) in [6, 6.07) is 3.86. The third-order valence-corrected chi connectivity index (χ3v) is 6.69. The number of fused-ring (bicyclic) bond motifs is 1. The van der Waals surface area contributed by atoms with Gasteiger partial charge in [-0.3, -0.25) is 9.69 Å². The largest absolute Gasteiger partial charge is 0.480 e. The highest BCUT2D eigenvalue weighted by atomic mass is 32.1. The van der Waals surface area contributed by atoms with Crippen LogP contribution in [0.5, 0.6) is 5.88 Å². The van der Waals surface area contributed by atoms with Gasteiger partial charge in [-0.1, -0.05) is 0 Å². The first kappa shape index (κ1) is 22.7. The smallest absolute Gasteiger partial charge is 0.261 e. The molecule has 0 aliphatic carbocycles. The van der Waals surface area contributed by atoms with E-state index in [-0.39, 0.29) is 18.6 Å². The van der Waals surface area contributed by atoms with Gasteiger partial charge >= 0.3 is 0 Å². The lowest BCUT2D eigenvalue weighted by Crippen LogP contribution is -2.43. The third-order valence-electron chi connectivity index (χ3n) is 5.51. The topological polar surface area (TPSA) is 99.0 Å². The molecule has 0 radical (unpaired) electrons. The summed E-state index contributed by atoms with van der Waals surface area (Å²) in [5.41, 5.74) is 0.806.